The largest absolute Gasteiger partial charge is 0.482 e. The van der Waals surface area contributed by atoms with Gasteiger partial charge in [0, 0.05) is 10.7 Å². The van der Waals surface area contributed by atoms with Crippen molar-refractivity contribution in [3.8, 4) is 5.75 Å². The first-order valence-electron chi connectivity index (χ1n) is 8.72. The monoisotopic (exact) mass is 389 g/mol. The highest BCUT2D eigenvalue weighted by molar-refractivity contribution is 6.31. The standard InChI is InChI=1S/C21H24ClNO4/c1-13(2)16-9-8-14(3)10-19(16)26-12-21(25)27-11-20(24)23-18-7-5-6-17(22)15(18)4/h5-10,13H,11-12H2,1-4H3,(H,23,24). The zero-order valence-corrected chi connectivity index (χ0v) is 16.7. The number of hydrogen-bond acceptors (Lipinski definition) is 4. The molecule has 0 aliphatic carbocycles. The van der Waals surface area contributed by atoms with Gasteiger partial charge in [0.05, 0.1) is 0 Å². The van der Waals surface area contributed by atoms with Crippen LogP contribution in [0.2, 0.25) is 5.02 Å². The molecule has 1 N–H and O–H groups in total. The smallest absolute Gasteiger partial charge is 0.344 e. The molecule has 0 saturated heterocycles. The lowest BCUT2D eigenvalue weighted by Gasteiger charge is -2.14. The van der Waals surface area contributed by atoms with Crippen molar-refractivity contribution in [1.29, 1.82) is 0 Å². The maximum Gasteiger partial charge on any atom is 0.344 e. The second-order valence-electron chi connectivity index (χ2n) is 6.61. The average molecular weight is 390 g/mol. The lowest BCUT2D eigenvalue weighted by molar-refractivity contribution is -0.149. The lowest BCUT2D eigenvalue weighted by Crippen LogP contribution is -2.24. The third-order valence-corrected chi connectivity index (χ3v) is 4.45. The average Bonchev–Trinajstić information content (AvgIpc) is 2.62. The Balaban J connectivity index is 1.85. The second kappa shape index (κ2) is 9.42. The van der Waals surface area contributed by atoms with Gasteiger partial charge >= 0.3 is 5.97 Å². The summed E-state index contributed by atoms with van der Waals surface area (Å²) in [6, 6.07) is 11.1. The SMILES string of the molecule is Cc1ccc(C(C)C)c(OCC(=O)OCC(=O)Nc2cccc(Cl)c2C)c1. The molecule has 2 aromatic rings. The van der Waals surface area contributed by atoms with E-state index in [1.807, 2.05) is 25.1 Å². The first-order valence-corrected chi connectivity index (χ1v) is 9.09. The third-order valence-electron chi connectivity index (χ3n) is 4.04. The number of ether oxygens (including phenoxy) is 2. The Morgan fingerprint density at radius 1 is 1.11 bits per heavy atom. The van der Waals surface area contributed by atoms with Gasteiger partial charge in [0.15, 0.2) is 13.2 Å². The van der Waals surface area contributed by atoms with Crippen LogP contribution in [0.3, 0.4) is 0 Å². The Hall–Kier alpha value is -2.53. The summed E-state index contributed by atoms with van der Waals surface area (Å²) in [4.78, 5) is 23.9. The summed E-state index contributed by atoms with van der Waals surface area (Å²) in [5, 5.41) is 3.22. The van der Waals surface area contributed by atoms with E-state index in [2.05, 4.69) is 19.2 Å². The second-order valence-corrected chi connectivity index (χ2v) is 7.01. The quantitative estimate of drug-likeness (QED) is 0.700. The molecule has 0 radical (unpaired) electrons. The van der Waals surface area contributed by atoms with Gasteiger partial charge in [-0.3, -0.25) is 4.79 Å². The summed E-state index contributed by atoms with van der Waals surface area (Å²) in [6.07, 6.45) is 0. The van der Waals surface area contributed by atoms with Crippen molar-refractivity contribution in [2.45, 2.75) is 33.6 Å². The van der Waals surface area contributed by atoms with Gasteiger partial charge < -0.3 is 14.8 Å². The van der Waals surface area contributed by atoms with Crippen molar-refractivity contribution in [3.63, 3.8) is 0 Å². The summed E-state index contributed by atoms with van der Waals surface area (Å²) in [7, 11) is 0. The number of aryl methyl sites for hydroxylation is 1. The molecule has 5 nitrogen and oxygen atoms in total. The van der Waals surface area contributed by atoms with E-state index < -0.39 is 11.9 Å². The van der Waals surface area contributed by atoms with Crippen molar-refractivity contribution in [3.05, 3.63) is 58.1 Å². The molecule has 0 unspecified atom stereocenters. The fourth-order valence-corrected chi connectivity index (χ4v) is 2.67. The molecule has 0 aromatic heterocycles. The maximum atomic E-state index is 12.0. The van der Waals surface area contributed by atoms with Gasteiger partial charge in [-0.1, -0.05) is 43.6 Å². The summed E-state index contributed by atoms with van der Waals surface area (Å²) < 4.78 is 10.6. The Kier molecular flexibility index (Phi) is 7.25. The van der Waals surface area contributed by atoms with Crippen molar-refractivity contribution >= 4 is 29.2 Å². The van der Waals surface area contributed by atoms with Crippen molar-refractivity contribution < 1.29 is 19.1 Å². The fourth-order valence-electron chi connectivity index (χ4n) is 2.50. The topological polar surface area (TPSA) is 64.6 Å². The number of carbonyl (C=O) groups excluding carboxylic acids is 2. The molecule has 0 aliphatic rings. The summed E-state index contributed by atoms with van der Waals surface area (Å²) in [6.45, 7) is 7.21. The first-order chi connectivity index (χ1) is 12.8. The molecule has 0 saturated carbocycles. The molecule has 0 heterocycles. The van der Waals surface area contributed by atoms with Crippen LogP contribution in [-0.2, 0) is 14.3 Å². The minimum absolute atomic E-state index is 0.257. The Morgan fingerprint density at radius 2 is 1.85 bits per heavy atom. The van der Waals surface area contributed by atoms with E-state index in [4.69, 9.17) is 21.1 Å². The number of rotatable bonds is 7. The van der Waals surface area contributed by atoms with Gasteiger partial charge in [-0.2, -0.15) is 0 Å². The van der Waals surface area contributed by atoms with Crippen LogP contribution in [0.15, 0.2) is 36.4 Å². The van der Waals surface area contributed by atoms with E-state index in [1.165, 1.54) is 0 Å². The third kappa shape index (κ3) is 6.00. The minimum atomic E-state index is -0.607. The molecule has 0 bridgehead atoms. The minimum Gasteiger partial charge on any atom is -0.482 e. The van der Waals surface area contributed by atoms with Gasteiger partial charge in [0.1, 0.15) is 5.75 Å². The van der Waals surface area contributed by atoms with Gasteiger partial charge in [-0.25, -0.2) is 4.79 Å². The summed E-state index contributed by atoms with van der Waals surface area (Å²) >= 11 is 6.02. The molecule has 2 rings (SSSR count). The summed E-state index contributed by atoms with van der Waals surface area (Å²) in [5.41, 5.74) is 3.39. The van der Waals surface area contributed by atoms with Crippen molar-refractivity contribution in [2.24, 2.45) is 0 Å². The van der Waals surface area contributed by atoms with E-state index in [1.54, 1.807) is 25.1 Å². The van der Waals surface area contributed by atoms with Crippen LogP contribution in [0.25, 0.3) is 0 Å². The highest BCUT2D eigenvalue weighted by Crippen LogP contribution is 2.27. The van der Waals surface area contributed by atoms with Gasteiger partial charge in [0.25, 0.3) is 5.91 Å². The molecular formula is C21H24ClNO4. The molecule has 27 heavy (non-hydrogen) atoms. The highest BCUT2D eigenvalue weighted by Gasteiger charge is 2.13. The van der Waals surface area contributed by atoms with Crippen LogP contribution in [0.4, 0.5) is 5.69 Å². The molecule has 2 aromatic carbocycles. The molecule has 0 aliphatic heterocycles. The molecular weight excluding hydrogens is 366 g/mol. The fraction of sp³-hybridized carbons (Fsp3) is 0.333. The van der Waals surface area contributed by atoms with Crippen LogP contribution in [-0.4, -0.2) is 25.1 Å². The number of benzene rings is 2. The highest BCUT2D eigenvalue weighted by atomic mass is 35.5. The van der Waals surface area contributed by atoms with E-state index in [9.17, 15) is 9.59 Å². The van der Waals surface area contributed by atoms with Crippen LogP contribution in [0, 0.1) is 13.8 Å². The zero-order chi connectivity index (χ0) is 20.0. The number of nitrogens with one attached hydrogen (secondary N) is 1. The number of anilines is 1. The molecule has 0 spiro atoms. The van der Waals surface area contributed by atoms with E-state index in [0.717, 1.165) is 16.7 Å². The van der Waals surface area contributed by atoms with Crippen molar-refractivity contribution in [1.82, 2.24) is 0 Å². The number of amides is 1. The first kappa shape index (κ1) is 20.8. The van der Waals surface area contributed by atoms with Crippen LogP contribution >= 0.6 is 11.6 Å². The van der Waals surface area contributed by atoms with E-state index in [0.29, 0.717) is 16.5 Å². The zero-order valence-electron chi connectivity index (χ0n) is 16.0. The number of esters is 1. The lowest BCUT2D eigenvalue weighted by atomic mass is 10.0. The van der Waals surface area contributed by atoms with Gasteiger partial charge in [-0.05, 0) is 54.7 Å². The van der Waals surface area contributed by atoms with Crippen molar-refractivity contribution in [2.75, 3.05) is 18.5 Å². The Bertz CT molecular complexity index is 833. The molecule has 0 fully saturated rings. The van der Waals surface area contributed by atoms with Crippen LogP contribution < -0.4 is 10.1 Å². The number of hydrogen-bond donors (Lipinski definition) is 1. The van der Waals surface area contributed by atoms with E-state index in [-0.39, 0.29) is 19.1 Å². The van der Waals surface area contributed by atoms with Crippen LogP contribution in [0.5, 0.6) is 5.75 Å². The Morgan fingerprint density at radius 3 is 2.56 bits per heavy atom. The molecule has 0 atom stereocenters. The summed E-state index contributed by atoms with van der Waals surface area (Å²) in [5.74, 6) is -0.124. The van der Waals surface area contributed by atoms with Gasteiger partial charge in [-0.15, -0.1) is 0 Å². The number of halogens is 1. The van der Waals surface area contributed by atoms with E-state index >= 15 is 0 Å². The maximum absolute atomic E-state index is 12.0. The van der Waals surface area contributed by atoms with Crippen LogP contribution in [0.1, 0.15) is 36.5 Å². The molecule has 1 amide bonds. The molecule has 6 heteroatoms. The number of carbonyl (C=O) groups is 2. The van der Waals surface area contributed by atoms with Gasteiger partial charge in [0.2, 0.25) is 0 Å². The molecule has 144 valence electrons. The normalized spacial score (nSPS) is 10.6. The Labute approximate surface area is 164 Å². The predicted molar refractivity (Wildman–Crippen MR) is 107 cm³/mol. The predicted octanol–water partition coefficient (Wildman–Crippen LogP) is 4.64.